The highest BCUT2D eigenvalue weighted by Gasteiger charge is 2.78. The third-order valence-corrected chi connectivity index (χ3v) is 10.3. The summed E-state index contributed by atoms with van der Waals surface area (Å²) < 4.78 is 5.53. The number of hydrogen-bond acceptors (Lipinski definition) is 4. The van der Waals surface area contributed by atoms with E-state index in [0.29, 0.717) is 41.7 Å². The quantitative estimate of drug-likeness (QED) is 0.662. The first kappa shape index (κ1) is 18.8. The molecule has 4 nitrogen and oxygen atoms in total. The molecule has 0 spiro atoms. The van der Waals surface area contributed by atoms with Gasteiger partial charge in [-0.25, -0.2) is 0 Å². The van der Waals surface area contributed by atoms with Crippen LogP contribution in [-0.4, -0.2) is 23.6 Å². The fraction of sp³-hybridized carbons (Fsp3) is 0.875. The molecule has 0 aliphatic heterocycles. The van der Waals surface area contributed by atoms with Crippen LogP contribution < -0.4 is 0 Å². The summed E-state index contributed by atoms with van der Waals surface area (Å²) in [4.78, 5) is 37.6. The Balaban J connectivity index is 1.44. The lowest BCUT2D eigenvalue weighted by molar-refractivity contribution is -0.172. The summed E-state index contributed by atoms with van der Waals surface area (Å²) in [5.74, 6) is 2.68. The Morgan fingerprint density at radius 2 is 1.79 bits per heavy atom. The third-order valence-electron chi connectivity index (χ3n) is 10.3. The van der Waals surface area contributed by atoms with E-state index in [1.165, 1.54) is 6.92 Å². The predicted molar refractivity (Wildman–Crippen MR) is 104 cm³/mol. The number of esters is 1. The van der Waals surface area contributed by atoms with Gasteiger partial charge in [-0.3, -0.25) is 14.4 Å². The van der Waals surface area contributed by atoms with E-state index in [4.69, 9.17) is 4.74 Å². The number of Topliss-reactive ketones (excluding diaryl/α,β-unsaturated/α-hetero) is 2. The van der Waals surface area contributed by atoms with Gasteiger partial charge in [0.05, 0.1) is 0 Å². The Kier molecular flexibility index (Phi) is 3.83. The molecule has 5 saturated carbocycles. The molecule has 0 heterocycles. The van der Waals surface area contributed by atoms with Gasteiger partial charge in [-0.05, 0) is 86.4 Å². The van der Waals surface area contributed by atoms with Gasteiger partial charge in [0.25, 0.3) is 0 Å². The van der Waals surface area contributed by atoms with Crippen LogP contribution in [-0.2, 0) is 19.1 Å². The van der Waals surface area contributed by atoms with Gasteiger partial charge >= 0.3 is 5.97 Å². The maximum absolute atomic E-state index is 13.6. The zero-order valence-electron chi connectivity index (χ0n) is 17.8. The van der Waals surface area contributed by atoms with Crippen molar-refractivity contribution in [2.45, 2.75) is 85.2 Å². The van der Waals surface area contributed by atoms with E-state index >= 15 is 0 Å². The van der Waals surface area contributed by atoms with Gasteiger partial charge in [0.15, 0.2) is 0 Å². The lowest BCUT2D eigenvalue weighted by Gasteiger charge is -2.60. The van der Waals surface area contributed by atoms with Crippen LogP contribution in [0.25, 0.3) is 0 Å². The Labute approximate surface area is 168 Å². The SMILES string of the molecule is CC(=O)O[C@@H]1CC[C@@]2(C)C(CC[C@@H]3[C@@H]2C(=O)C[C@@]2(C)[C@H]3C[C@H]3C[C@]32C(C)=O)C1. The minimum atomic E-state index is -0.191. The summed E-state index contributed by atoms with van der Waals surface area (Å²) in [5, 5.41) is 0. The summed E-state index contributed by atoms with van der Waals surface area (Å²) in [5.41, 5.74) is -0.267. The molecule has 0 saturated heterocycles. The zero-order chi connectivity index (χ0) is 20.1. The second-order valence-electron chi connectivity index (χ2n) is 11.3. The molecule has 9 atom stereocenters. The largest absolute Gasteiger partial charge is 0.463 e. The molecule has 0 aromatic rings. The van der Waals surface area contributed by atoms with E-state index in [9.17, 15) is 14.4 Å². The van der Waals surface area contributed by atoms with Crippen LogP contribution >= 0.6 is 0 Å². The second-order valence-corrected chi connectivity index (χ2v) is 11.3. The lowest BCUT2D eigenvalue weighted by atomic mass is 9.43. The molecule has 5 fully saturated rings. The molecule has 5 rings (SSSR count). The van der Waals surface area contributed by atoms with Crippen molar-refractivity contribution in [1.82, 2.24) is 0 Å². The highest BCUT2D eigenvalue weighted by Crippen LogP contribution is 2.80. The predicted octanol–water partition coefficient (Wildman–Crippen LogP) is 4.35. The van der Waals surface area contributed by atoms with E-state index in [-0.39, 0.29) is 34.2 Å². The topological polar surface area (TPSA) is 60.4 Å². The van der Waals surface area contributed by atoms with Gasteiger partial charge in [-0.1, -0.05) is 13.8 Å². The molecule has 0 N–H and O–H groups in total. The number of carbonyl (C=O) groups excluding carboxylic acids is 3. The van der Waals surface area contributed by atoms with Crippen molar-refractivity contribution in [1.29, 1.82) is 0 Å². The van der Waals surface area contributed by atoms with Crippen LogP contribution in [0.15, 0.2) is 0 Å². The van der Waals surface area contributed by atoms with Gasteiger partial charge in [-0.2, -0.15) is 0 Å². The van der Waals surface area contributed by atoms with Crippen molar-refractivity contribution in [2.75, 3.05) is 0 Å². The summed E-state index contributed by atoms with van der Waals surface area (Å²) in [6, 6.07) is 0. The maximum Gasteiger partial charge on any atom is 0.302 e. The van der Waals surface area contributed by atoms with Crippen LogP contribution in [0.4, 0.5) is 0 Å². The summed E-state index contributed by atoms with van der Waals surface area (Å²) in [6.45, 7) is 7.87. The fourth-order valence-electron chi connectivity index (χ4n) is 9.12. The Morgan fingerprint density at radius 1 is 1.04 bits per heavy atom. The second kappa shape index (κ2) is 5.70. The van der Waals surface area contributed by atoms with Crippen LogP contribution in [0.2, 0.25) is 0 Å². The monoisotopic (exact) mass is 386 g/mol. The standard InChI is InChI=1S/C24H34O4/c1-13(25)24-11-16(24)10-19-18-6-5-15-9-17(28-14(2)26)7-8-22(15,3)21(18)20(27)12-23(19,24)4/h15-19,21H,5-12H2,1-4H3/t15?,16-,17+,18-,19-,21+,22-,23-,24-/m0/s1. The first-order chi connectivity index (χ1) is 13.1. The van der Waals surface area contributed by atoms with Crippen molar-refractivity contribution in [3.05, 3.63) is 0 Å². The van der Waals surface area contributed by atoms with E-state index in [1.54, 1.807) is 6.92 Å². The normalized spacial score (nSPS) is 54.1. The van der Waals surface area contributed by atoms with Crippen molar-refractivity contribution in [2.24, 2.45) is 45.8 Å². The zero-order valence-corrected chi connectivity index (χ0v) is 17.8. The number of carbonyl (C=O) groups is 3. The van der Waals surface area contributed by atoms with E-state index < -0.39 is 0 Å². The molecule has 0 aromatic heterocycles. The average molecular weight is 387 g/mol. The van der Waals surface area contributed by atoms with Crippen LogP contribution in [0, 0.1) is 45.8 Å². The van der Waals surface area contributed by atoms with E-state index in [2.05, 4.69) is 13.8 Å². The lowest BCUT2D eigenvalue weighted by Crippen LogP contribution is -2.59. The number of rotatable bonds is 2. The van der Waals surface area contributed by atoms with Crippen molar-refractivity contribution in [3.63, 3.8) is 0 Å². The summed E-state index contributed by atoms with van der Waals surface area (Å²) in [7, 11) is 0. The summed E-state index contributed by atoms with van der Waals surface area (Å²) in [6.07, 6.45) is 7.80. The number of ketones is 2. The van der Waals surface area contributed by atoms with Crippen molar-refractivity contribution in [3.8, 4) is 0 Å². The van der Waals surface area contributed by atoms with E-state index in [1.807, 2.05) is 0 Å². The van der Waals surface area contributed by atoms with E-state index in [0.717, 1.165) is 44.9 Å². The molecule has 0 radical (unpaired) electrons. The third kappa shape index (κ3) is 2.15. The molecule has 0 amide bonds. The van der Waals surface area contributed by atoms with Gasteiger partial charge in [0.2, 0.25) is 0 Å². The Hall–Kier alpha value is -1.19. The van der Waals surface area contributed by atoms with Crippen molar-refractivity contribution >= 4 is 17.5 Å². The van der Waals surface area contributed by atoms with Crippen LogP contribution in [0.1, 0.15) is 79.1 Å². The van der Waals surface area contributed by atoms with Gasteiger partial charge in [0, 0.05) is 24.7 Å². The Morgan fingerprint density at radius 3 is 2.46 bits per heavy atom. The van der Waals surface area contributed by atoms with Crippen LogP contribution in [0.5, 0.6) is 0 Å². The number of hydrogen-bond donors (Lipinski definition) is 0. The minimum Gasteiger partial charge on any atom is -0.463 e. The number of fused-ring (bicyclic) bond motifs is 7. The highest BCUT2D eigenvalue weighted by molar-refractivity contribution is 5.91. The first-order valence-electron chi connectivity index (χ1n) is 11.3. The molecular formula is C24H34O4. The minimum absolute atomic E-state index is 0.0243. The smallest absolute Gasteiger partial charge is 0.302 e. The van der Waals surface area contributed by atoms with Crippen LogP contribution in [0.3, 0.4) is 0 Å². The summed E-state index contributed by atoms with van der Waals surface area (Å²) >= 11 is 0. The molecule has 4 heteroatoms. The van der Waals surface area contributed by atoms with Crippen molar-refractivity contribution < 1.29 is 19.1 Å². The molecule has 1 unspecified atom stereocenters. The van der Waals surface area contributed by atoms with Gasteiger partial charge < -0.3 is 4.74 Å². The van der Waals surface area contributed by atoms with Gasteiger partial charge in [0.1, 0.15) is 17.7 Å². The van der Waals surface area contributed by atoms with Gasteiger partial charge in [-0.15, -0.1) is 0 Å². The molecule has 0 aromatic carbocycles. The molecule has 0 bridgehead atoms. The molecule has 28 heavy (non-hydrogen) atoms. The molecular weight excluding hydrogens is 352 g/mol. The highest BCUT2D eigenvalue weighted by atomic mass is 16.5. The fourth-order valence-corrected chi connectivity index (χ4v) is 9.12. The first-order valence-corrected chi connectivity index (χ1v) is 11.3. The average Bonchev–Trinajstić information content (AvgIpc) is 3.28. The maximum atomic E-state index is 13.6. The molecule has 154 valence electrons. The number of ether oxygens (including phenoxy) is 1. The Bertz CT molecular complexity index is 758. The molecule has 5 aliphatic rings. The molecule has 5 aliphatic carbocycles.